The van der Waals surface area contributed by atoms with Crippen molar-refractivity contribution in [3.05, 3.63) is 0 Å². The lowest BCUT2D eigenvalue weighted by Crippen LogP contribution is -2.15. The first-order valence-electron chi connectivity index (χ1n) is 16.9. The maximum absolute atomic E-state index is 10.3. The van der Waals surface area contributed by atoms with E-state index >= 15 is 0 Å². The first-order chi connectivity index (χ1) is 23.2. The molecule has 0 aromatic rings. The molecule has 1 unspecified atom stereocenters. The molecule has 0 fully saturated rings. The van der Waals surface area contributed by atoms with Gasteiger partial charge < -0.3 is 66.7 Å². The average Bonchev–Trinajstić information content (AvgIpc) is 3.07. The van der Waals surface area contributed by atoms with Crippen molar-refractivity contribution < 1.29 is 71.5 Å². The molecule has 0 aliphatic heterocycles. The molecule has 0 saturated heterocycles. The lowest BCUT2D eigenvalue weighted by Gasteiger charge is -2.10. The Morgan fingerprint density at radius 3 is 0.766 bits per heavy atom. The molecule has 0 aliphatic rings. The Labute approximate surface area is 281 Å². The van der Waals surface area contributed by atoms with Crippen molar-refractivity contribution in [1.29, 1.82) is 0 Å². The molecule has 0 heterocycles. The molecule has 0 aromatic heterocycles. The van der Waals surface area contributed by atoms with Crippen LogP contribution < -0.4 is 0 Å². The zero-order valence-electron chi connectivity index (χ0n) is 29.0. The summed E-state index contributed by atoms with van der Waals surface area (Å²) < 4.78 is 70.5. The summed E-state index contributed by atoms with van der Waals surface area (Å²) in [6, 6.07) is 0. The van der Waals surface area contributed by atoms with E-state index in [0.29, 0.717) is 164 Å². The third-order valence-corrected chi connectivity index (χ3v) is 6.02. The molecule has 1 atom stereocenters. The molecule has 47 heavy (non-hydrogen) atoms. The van der Waals surface area contributed by atoms with Gasteiger partial charge in [0.05, 0.1) is 172 Å². The maximum atomic E-state index is 10.3. The number of carboxylic acids is 1. The van der Waals surface area contributed by atoms with Crippen molar-refractivity contribution in [3.63, 3.8) is 0 Å². The summed E-state index contributed by atoms with van der Waals surface area (Å²) in [5.74, 6) is -0.281. The van der Waals surface area contributed by atoms with Gasteiger partial charge in [0.25, 0.3) is 0 Å². The Morgan fingerprint density at radius 1 is 0.383 bits per heavy atom. The van der Waals surface area contributed by atoms with Crippen LogP contribution in [0.15, 0.2) is 0 Å². The molecule has 0 bridgehead atoms. The normalized spacial score (nSPS) is 12.2. The van der Waals surface area contributed by atoms with Gasteiger partial charge in [-0.1, -0.05) is 20.3 Å². The SMILES string of the molecule is CCC(C)COCCOCCOCCOCCOCCOCCOCCOCCOCCOCCOCCOCCOCCC(=O)O. The summed E-state index contributed by atoms with van der Waals surface area (Å²) in [5.41, 5.74) is 0. The molecular weight excluding hydrogens is 624 g/mol. The fourth-order valence-electron chi connectivity index (χ4n) is 3.20. The minimum Gasteiger partial charge on any atom is -0.481 e. The van der Waals surface area contributed by atoms with Crippen LogP contribution in [0.25, 0.3) is 0 Å². The van der Waals surface area contributed by atoms with E-state index in [0.717, 1.165) is 13.0 Å². The van der Waals surface area contributed by atoms with Crippen molar-refractivity contribution in [2.75, 3.05) is 172 Å². The van der Waals surface area contributed by atoms with E-state index in [1.165, 1.54) is 0 Å². The van der Waals surface area contributed by atoms with E-state index < -0.39 is 5.97 Å². The highest BCUT2D eigenvalue weighted by atomic mass is 16.6. The molecule has 15 heteroatoms. The number of rotatable bonds is 42. The van der Waals surface area contributed by atoms with Crippen LogP contribution in [0.3, 0.4) is 0 Å². The fraction of sp³-hybridized carbons (Fsp3) is 0.969. The molecule has 0 aliphatic carbocycles. The molecule has 15 nitrogen and oxygen atoms in total. The van der Waals surface area contributed by atoms with Crippen LogP contribution in [0.1, 0.15) is 26.7 Å². The number of carboxylic acid groups (broad SMARTS) is 1. The monoisotopic (exact) mass is 688 g/mol. The Hall–Kier alpha value is -1.05. The predicted octanol–water partition coefficient (Wildman–Crippen LogP) is 1.72. The van der Waals surface area contributed by atoms with Gasteiger partial charge in [0, 0.05) is 6.61 Å². The van der Waals surface area contributed by atoms with Gasteiger partial charge in [0.15, 0.2) is 0 Å². The predicted molar refractivity (Wildman–Crippen MR) is 172 cm³/mol. The van der Waals surface area contributed by atoms with Crippen LogP contribution >= 0.6 is 0 Å². The first kappa shape index (κ1) is 46.0. The average molecular weight is 689 g/mol. The highest BCUT2D eigenvalue weighted by molar-refractivity contribution is 5.66. The molecule has 0 spiro atoms. The number of carbonyl (C=O) groups is 1. The lowest BCUT2D eigenvalue weighted by atomic mass is 10.1. The van der Waals surface area contributed by atoms with Crippen LogP contribution in [0.2, 0.25) is 0 Å². The molecule has 0 saturated carbocycles. The molecule has 0 radical (unpaired) electrons. The van der Waals surface area contributed by atoms with Crippen LogP contribution in [-0.4, -0.2) is 183 Å². The summed E-state index contributed by atoms with van der Waals surface area (Å²) in [5, 5.41) is 8.49. The van der Waals surface area contributed by atoms with Crippen LogP contribution in [0.4, 0.5) is 0 Å². The highest BCUT2D eigenvalue weighted by Gasteiger charge is 1.99. The second kappa shape index (κ2) is 41.1. The number of hydrogen-bond donors (Lipinski definition) is 1. The Balaban J connectivity index is 3.05. The molecule has 1 N–H and O–H groups in total. The fourth-order valence-corrected chi connectivity index (χ4v) is 3.20. The van der Waals surface area contributed by atoms with Gasteiger partial charge in [-0.2, -0.15) is 0 Å². The minimum absolute atomic E-state index is 0.00232. The van der Waals surface area contributed by atoms with Crippen molar-refractivity contribution in [3.8, 4) is 0 Å². The summed E-state index contributed by atoms with van der Waals surface area (Å²) in [4.78, 5) is 10.3. The Morgan fingerprint density at radius 2 is 0.574 bits per heavy atom. The van der Waals surface area contributed by atoms with E-state index in [4.69, 9.17) is 66.7 Å². The standard InChI is InChI=1S/C32H64O15/c1-3-31(2)30-47-29-28-46-27-26-45-25-24-44-23-22-43-21-20-42-19-18-41-17-16-40-15-14-39-13-12-38-11-10-37-9-8-36-7-6-35-5-4-32(33)34/h31H,3-30H2,1-2H3,(H,33,34). The minimum atomic E-state index is -0.874. The van der Waals surface area contributed by atoms with Crippen molar-refractivity contribution in [2.24, 2.45) is 5.92 Å². The zero-order valence-corrected chi connectivity index (χ0v) is 29.0. The van der Waals surface area contributed by atoms with E-state index in [-0.39, 0.29) is 13.0 Å². The van der Waals surface area contributed by atoms with Gasteiger partial charge >= 0.3 is 5.97 Å². The second-order valence-electron chi connectivity index (χ2n) is 10.1. The molecule has 0 amide bonds. The van der Waals surface area contributed by atoms with Gasteiger partial charge in [0.1, 0.15) is 0 Å². The second-order valence-corrected chi connectivity index (χ2v) is 10.1. The third-order valence-electron chi connectivity index (χ3n) is 6.02. The van der Waals surface area contributed by atoms with Crippen LogP contribution in [-0.2, 0) is 66.4 Å². The van der Waals surface area contributed by atoms with Crippen LogP contribution in [0.5, 0.6) is 0 Å². The number of aliphatic carboxylic acids is 1. The highest BCUT2D eigenvalue weighted by Crippen LogP contribution is 2.00. The Bertz CT molecular complexity index is 603. The van der Waals surface area contributed by atoms with E-state index in [1.807, 2.05) is 0 Å². The molecular formula is C32H64O15. The maximum Gasteiger partial charge on any atom is 0.305 e. The van der Waals surface area contributed by atoms with Crippen molar-refractivity contribution in [2.45, 2.75) is 26.7 Å². The largest absolute Gasteiger partial charge is 0.481 e. The summed E-state index contributed by atoms with van der Waals surface area (Å²) in [6.45, 7) is 17.3. The lowest BCUT2D eigenvalue weighted by molar-refractivity contribution is -0.138. The van der Waals surface area contributed by atoms with Gasteiger partial charge in [-0.25, -0.2) is 0 Å². The molecule has 0 rings (SSSR count). The third kappa shape index (κ3) is 42.9. The topological polar surface area (TPSA) is 157 Å². The quantitative estimate of drug-likeness (QED) is 0.0924. The summed E-state index contributed by atoms with van der Waals surface area (Å²) in [6.07, 6.45) is 1.13. The van der Waals surface area contributed by atoms with E-state index in [9.17, 15) is 4.79 Å². The van der Waals surface area contributed by atoms with Gasteiger partial charge in [0.2, 0.25) is 0 Å². The zero-order chi connectivity index (χ0) is 34.1. The number of hydrogen-bond acceptors (Lipinski definition) is 14. The van der Waals surface area contributed by atoms with Crippen LogP contribution in [0, 0.1) is 5.92 Å². The first-order valence-corrected chi connectivity index (χ1v) is 16.9. The molecule has 0 aromatic carbocycles. The summed E-state index contributed by atoms with van der Waals surface area (Å²) >= 11 is 0. The van der Waals surface area contributed by atoms with Crippen molar-refractivity contribution in [1.82, 2.24) is 0 Å². The van der Waals surface area contributed by atoms with Crippen molar-refractivity contribution >= 4 is 5.97 Å². The van der Waals surface area contributed by atoms with E-state index in [1.54, 1.807) is 0 Å². The van der Waals surface area contributed by atoms with E-state index in [2.05, 4.69) is 13.8 Å². The molecule has 282 valence electrons. The van der Waals surface area contributed by atoms with Gasteiger partial charge in [-0.05, 0) is 5.92 Å². The smallest absolute Gasteiger partial charge is 0.305 e. The van der Waals surface area contributed by atoms with Gasteiger partial charge in [-0.15, -0.1) is 0 Å². The van der Waals surface area contributed by atoms with Gasteiger partial charge in [-0.3, -0.25) is 4.79 Å². The number of ether oxygens (including phenoxy) is 13. The Kier molecular flexibility index (Phi) is 40.2. The summed E-state index contributed by atoms with van der Waals surface area (Å²) in [7, 11) is 0.